The van der Waals surface area contributed by atoms with Gasteiger partial charge in [-0.05, 0) is 31.6 Å². The monoisotopic (exact) mass is 371 g/mol. The highest BCUT2D eigenvalue weighted by molar-refractivity contribution is 7.10. The average Bonchev–Trinajstić information content (AvgIpc) is 3.23. The Labute approximate surface area is 158 Å². The van der Waals surface area contributed by atoms with Gasteiger partial charge in [0.2, 0.25) is 0 Å². The van der Waals surface area contributed by atoms with Crippen molar-refractivity contribution in [3.63, 3.8) is 0 Å². The molecule has 1 spiro atoms. The fourth-order valence-electron chi connectivity index (χ4n) is 3.87. The van der Waals surface area contributed by atoms with Crippen LogP contribution in [0.15, 0.2) is 35.7 Å². The van der Waals surface area contributed by atoms with E-state index in [1.807, 2.05) is 18.2 Å². The summed E-state index contributed by atoms with van der Waals surface area (Å²) in [6.07, 6.45) is 6.97. The van der Waals surface area contributed by atoms with Gasteiger partial charge >= 0.3 is 0 Å². The van der Waals surface area contributed by atoms with Crippen LogP contribution in [0.2, 0.25) is 0 Å². The zero-order valence-electron chi connectivity index (χ0n) is 14.9. The molecule has 2 heterocycles. The maximum atomic E-state index is 6.38. The molecule has 138 valence electrons. The van der Waals surface area contributed by atoms with Gasteiger partial charge in [-0.25, -0.2) is 4.98 Å². The number of thiazole rings is 1. The van der Waals surface area contributed by atoms with Crippen LogP contribution in [0, 0.1) is 5.92 Å². The minimum absolute atomic E-state index is 0.0404. The maximum absolute atomic E-state index is 6.38. The van der Waals surface area contributed by atoms with E-state index in [1.165, 1.54) is 12.8 Å². The van der Waals surface area contributed by atoms with Crippen LogP contribution >= 0.6 is 11.3 Å². The molecule has 0 radical (unpaired) electrons. The summed E-state index contributed by atoms with van der Waals surface area (Å²) in [5.74, 6) is 0.417. The van der Waals surface area contributed by atoms with Crippen LogP contribution in [-0.2, 0) is 14.2 Å². The Kier molecular flexibility index (Phi) is 4.57. The van der Waals surface area contributed by atoms with Gasteiger partial charge in [0, 0.05) is 30.4 Å². The van der Waals surface area contributed by atoms with Gasteiger partial charge in [-0.2, -0.15) is 0 Å². The van der Waals surface area contributed by atoms with Crippen molar-refractivity contribution in [1.29, 1.82) is 0 Å². The molecule has 0 amide bonds. The Morgan fingerprint density at radius 2 is 1.92 bits per heavy atom. The minimum atomic E-state index is -0.414. The molecule has 5 heteroatoms. The number of nitrogens with zero attached hydrogens (tertiary/aromatic N) is 1. The Morgan fingerprint density at radius 3 is 2.69 bits per heavy atom. The molecule has 2 aromatic rings. The van der Waals surface area contributed by atoms with Crippen molar-refractivity contribution in [3.05, 3.63) is 40.7 Å². The van der Waals surface area contributed by atoms with Crippen LogP contribution in [0.4, 0.5) is 0 Å². The lowest BCUT2D eigenvalue weighted by atomic mass is 9.92. The van der Waals surface area contributed by atoms with Crippen LogP contribution in [-0.4, -0.2) is 30.1 Å². The summed E-state index contributed by atoms with van der Waals surface area (Å²) in [4.78, 5) is 4.80. The second-order valence-corrected chi connectivity index (χ2v) is 8.63. The number of ether oxygens (including phenoxy) is 3. The molecule has 2 aliphatic carbocycles. The molecule has 26 heavy (non-hydrogen) atoms. The van der Waals surface area contributed by atoms with E-state index in [2.05, 4.69) is 17.5 Å². The molecular weight excluding hydrogens is 346 g/mol. The molecular formula is C21H25NO3S. The summed E-state index contributed by atoms with van der Waals surface area (Å²) < 4.78 is 18.6. The van der Waals surface area contributed by atoms with E-state index >= 15 is 0 Å². The van der Waals surface area contributed by atoms with Crippen molar-refractivity contribution in [2.75, 3.05) is 13.2 Å². The molecule has 5 rings (SSSR count). The van der Waals surface area contributed by atoms with Crippen molar-refractivity contribution >= 4 is 11.3 Å². The number of aromatic nitrogens is 1. The van der Waals surface area contributed by atoms with Gasteiger partial charge in [0.1, 0.15) is 11.1 Å². The predicted octanol–water partition coefficient (Wildman–Crippen LogP) is 4.96. The minimum Gasteiger partial charge on any atom is -0.378 e. The van der Waals surface area contributed by atoms with E-state index in [1.54, 1.807) is 11.3 Å². The van der Waals surface area contributed by atoms with Crippen LogP contribution in [0.25, 0.3) is 11.3 Å². The Balaban J connectivity index is 1.19. The molecule has 3 fully saturated rings. The average molecular weight is 372 g/mol. The molecule has 1 aromatic carbocycles. The Morgan fingerprint density at radius 1 is 1.12 bits per heavy atom. The number of hydrogen-bond acceptors (Lipinski definition) is 5. The lowest BCUT2D eigenvalue weighted by Gasteiger charge is -2.35. The van der Waals surface area contributed by atoms with E-state index in [-0.39, 0.29) is 6.10 Å². The van der Waals surface area contributed by atoms with E-state index in [0.29, 0.717) is 12.7 Å². The first-order valence-corrected chi connectivity index (χ1v) is 10.6. The molecule has 0 N–H and O–H groups in total. The predicted molar refractivity (Wildman–Crippen MR) is 101 cm³/mol. The third kappa shape index (κ3) is 3.58. The molecule has 4 nitrogen and oxygen atoms in total. The topological polar surface area (TPSA) is 40.6 Å². The fraction of sp³-hybridized carbons (Fsp3) is 0.571. The standard InChI is InChI=1S/C21H25NO3S/c1-2-4-16(5-3-1)18-14-26-20(22-18)19-13-24-21(25-19)10-8-17(9-11-21)23-12-15-6-7-15/h1-5,14-15,17,19H,6-13H2. The first kappa shape index (κ1) is 16.9. The largest absolute Gasteiger partial charge is 0.378 e. The normalized spacial score (nSPS) is 31.5. The molecule has 3 aliphatic rings. The number of hydrogen-bond donors (Lipinski definition) is 0. The summed E-state index contributed by atoms with van der Waals surface area (Å²) in [6.45, 7) is 1.55. The van der Waals surface area contributed by atoms with E-state index in [0.717, 1.165) is 54.5 Å². The quantitative estimate of drug-likeness (QED) is 0.744. The van der Waals surface area contributed by atoms with Gasteiger partial charge in [-0.1, -0.05) is 30.3 Å². The fourth-order valence-corrected chi connectivity index (χ4v) is 4.71. The van der Waals surface area contributed by atoms with Crippen molar-refractivity contribution < 1.29 is 14.2 Å². The van der Waals surface area contributed by atoms with Crippen molar-refractivity contribution in [1.82, 2.24) is 4.98 Å². The highest BCUT2D eigenvalue weighted by Crippen LogP contribution is 2.44. The highest BCUT2D eigenvalue weighted by atomic mass is 32.1. The SMILES string of the molecule is c1ccc(-c2csc(C3COC4(CCC(OCC5CC5)CC4)O3)n2)cc1. The summed E-state index contributed by atoms with van der Waals surface area (Å²) in [5, 5.41) is 3.13. The number of benzene rings is 1. The van der Waals surface area contributed by atoms with Crippen molar-refractivity contribution in [3.8, 4) is 11.3 Å². The van der Waals surface area contributed by atoms with Gasteiger partial charge in [0.15, 0.2) is 5.79 Å². The third-order valence-corrected chi connectivity index (χ3v) is 6.62. The van der Waals surface area contributed by atoms with Crippen LogP contribution < -0.4 is 0 Å². The summed E-state index contributed by atoms with van der Waals surface area (Å²) >= 11 is 1.67. The van der Waals surface area contributed by atoms with Gasteiger partial charge < -0.3 is 14.2 Å². The third-order valence-electron chi connectivity index (χ3n) is 5.68. The molecule has 0 bridgehead atoms. The lowest BCUT2D eigenvalue weighted by molar-refractivity contribution is -0.201. The zero-order chi connectivity index (χ0) is 17.4. The molecule has 1 unspecified atom stereocenters. The Bertz CT molecular complexity index is 735. The summed E-state index contributed by atoms with van der Waals surface area (Å²) in [5.41, 5.74) is 2.17. The van der Waals surface area contributed by atoms with Crippen LogP contribution in [0.1, 0.15) is 49.6 Å². The summed E-state index contributed by atoms with van der Waals surface area (Å²) in [6, 6.07) is 10.3. The molecule has 1 saturated heterocycles. The van der Waals surface area contributed by atoms with E-state index < -0.39 is 5.79 Å². The van der Waals surface area contributed by atoms with Gasteiger partial charge in [0.05, 0.1) is 18.4 Å². The van der Waals surface area contributed by atoms with Crippen molar-refractivity contribution in [2.45, 2.75) is 56.5 Å². The van der Waals surface area contributed by atoms with E-state index in [4.69, 9.17) is 19.2 Å². The van der Waals surface area contributed by atoms with E-state index in [9.17, 15) is 0 Å². The summed E-state index contributed by atoms with van der Waals surface area (Å²) in [7, 11) is 0. The number of rotatable bonds is 5. The second-order valence-electron chi connectivity index (χ2n) is 7.74. The molecule has 1 atom stereocenters. The van der Waals surface area contributed by atoms with Gasteiger partial charge in [-0.3, -0.25) is 0 Å². The van der Waals surface area contributed by atoms with Gasteiger partial charge in [-0.15, -0.1) is 11.3 Å². The second kappa shape index (κ2) is 7.04. The maximum Gasteiger partial charge on any atom is 0.169 e. The van der Waals surface area contributed by atoms with Crippen molar-refractivity contribution in [2.24, 2.45) is 5.92 Å². The molecule has 1 aromatic heterocycles. The Hall–Kier alpha value is -1.27. The molecule has 1 aliphatic heterocycles. The lowest BCUT2D eigenvalue weighted by Crippen LogP contribution is -2.37. The first-order valence-electron chi connectivity index (χ1n) is 9.74. The first-order chi connectivity index (χ1) is 12.8. The smallest absolute Gasteiger partial charge is 0.169 e. The highest BCUT2D eigenvalue weighted by Gasteiger charge is 2.45. The molecule has 2 saturated carbocycles. The van der Waals surface area contributed by atoms with Crippen LogP contribution in [0.5, 0.6) is 0 Å². The van der Waals surface area contributed by atoms with Crippen LogP contribution in [0.3, 0.4) is 0 Å². The zero-order valence-corrected chi connectivity index (χ0v) is 15.7. The van der Waals surface area contributed by atoms with Gasteiger partial charge in [0.25, 0.3) is 0 Å².